The molecule has 0 N–H and O–H groups in total. The van der Waals surface area contributed by atoms with Crippen LogP contribution in [0.1, 0.15) is 0 Å². The molecule has 0 radical (unpaired) electrons. The van der Waals surface area contributed by atoms with Crippen LogP contribution in [0.5, 0.6) is 0 Å². The minimum Gasteiger partial charge on any atom is -0.264 e. The zero-order valence-corrected chi connectivity index (χ0v) is 11.9. The third kappa shape index (κ3) is 2.76. The van der Waals surface area contributed by atoms with Crippen molar-refractivity contribution in [1.82, 2.24) is 0 Å². The van der Waals surface area contributed by atoms with Crippen LogP contribution in [0.4, 0.5) is 13.2 Å². The maximum Gasteiger partial charge on any atom is 0.398 e. The molecule has 0 aromatic rings. The lowest BCUT2D eigenvalue weighted by Gasteiger charge is -2.38. The van der Waals surface area contributed by atoms with E-state index in [2.05, 4.69) is 0 Å². The van der Waals surface area contributed by atoms with Gasteiger partial charge in [0.1, 0.15) is 5.92 Å². The molecule has 0 spiro atoms. The van der Waals surface area contributed by atoms with Gasteiger partial charge in [0.2, 0.25) is 4.33 Å². The van der Waals surface area contributed by atoms with E-state index in [4.69, 9.17) is 46.4 Å². The average Bonchev–Trinajstić information content (AvgIpc) is 2.09. The molecule has 0 aliphatic heterocycles. The smallest absolute Gasteiger partial charge is 0.264 e. The summed E-state index contributed by atoms with van der Waals surface area (Å²) in [6.45, 7) is 0. The topological polar surface area (TPSA) is 86.3 Å². The summed E-state index contributed by atoms with van der Waals surface area (Å²) < 4.78 is 32.4. The minimum atomic E-state index is -5.16. The Hall–Kier alpha value is -0.510. The molecule has 1 rings (SSSR count). The van der Waals surface area contributed by atoms with Crippen molar-refractivity contribution in [3.05, 3.63) is 32.0 Å². The molecule has 6 nitrogen and oxygen atoms in total. The Balaban J connectivity index is 3.63. The molecule has 0 fully saturated rings. The molecule has 0 saturated heterocycles. The van der Waals surface area contributed by atoms with Crippen molar-refractivity contribution in [2.75, 3.05) is 0 Å². The summed E-state index contributed by atoms with van der Waals surface area (Å²) in [5, 5.41) is 21.6. The second-order valence-electron chi connectivity index (χ2n) is 3.81. The fourth-order valence-electron chi connectivity index (χ4n) is 1.70. The van der Waals surface area contributed by atoms with E-state index >= 15 is 0 Å². The molecule has 1 aliphatic rings. The number of allylic oxidation sites excluding steroid dienone is 1. The van der Waals surface area contributed by atoms with Gasteiger partial charge in [0.15, 0.2) is 0 Å². The molecule has 13 heteroatoms. The number of nitro groups is 2. The first kappa shape index (κ1) is 17.5. The van der Waals surface area contributed by atoms with Crippen molar-refractivity contribution < 1.29 is 23.0 Å². The van der Waals surface area contributed by atoms with Crippen molar-refractivity contribution >= 4 is 46.4 Å². The summed E-state index contributed by atoms with van der Waals surface area (Å²) in [4.78, 5) is 18.9. The molecule has 114 valence electrons. The van der Waals surface area contributed by atoms with Crippen molar-refractivity contribution in [1.29, 1.82) is 0 Å². The monoisotopic (exact) mass is 376 g/mol. The molecule has 0 aromatic carbocycles. The number of hydrogen-bond acceptors (Lipinski definition) is 4. The van der Waals surface area contributed by atoms with E-state index in [1.54, 1.807) is 0 Å². The van der Waals surface area contributed by atoms with Crippen LogP contribution in [0.3, 0.4) is 0 Å². The van der Waals surface area contributed by atoms with E-state index in [1.165, 1.54) is 0 Å². The van der Waals surface area contributed by atoms with Crippen molar-refractivity contribution in [2.45, 2.75) is 20.9 Å². The van der Waals surface area contributed by atoms with Gasteiger partial charge in [-0.1, -0.05) is 46.4 Å². The number of hydrogen-bond donors (Lipinski definition) is 0. The fourth-order valence-corrected chi connectivity index (χ4v) is 3.55. The summed E-state index contributed by atoms with van der Waals surface area (Å²) in [6, 6.07) is -2.65. The first-order valence-electron chi connectivity index (χ1n) is 4.56. The minimum absolute atomic E-state index is 0.0139. The second-order valence-corrected chi connectivity index (χ2v) is 6.64. The third-order valence-corrected chi connectivity index (χ3v) is 4.23. The van der Waals surface area contributed by atoms with E-state index in [9.17, 15) is 33.4 Å². The lowest BCUT2D eigenvalue weighted by Crippen LogP contribution is -2.60. The standard InChI is InChI=1S/C7H3Cl4F3N2O4/c8-5(9)2(7(12,13)14)1-3(15(17)18)6(10,11)4(5)16(19)20/h1-2,4H. The van der Waals surface area contributed by atoms with Crippen LogP contribution in [-0.2, 0) is 0 Å². The van der Waals surface area contributed by atoms with Crippen LogP contribution in [-0.4, -0.2) is 30.7 Å². The first-order valence-corrected chi connectivity index (χ1v) is 6.07. The van der Waals surface area contributed by atoms with Crippen LogP contribution in [0, 0.1) is 26.1 Å². The molecule has 0 bridgehead atoms. The number of nitrogens with zero attached hydrogens (tertiary/aromatic N) is 2. The maximum atomic E-state index is 12.8. The Labute approximate surface area is 128 Å². The molecule has 20 heavy (non-hydrogen) atoms. The van der Waals surface area contributed by atoms with Crippen molar-refractivity contribution in [3.63, 3.8) is 0 Å². The summed E-state index contributed by atoms with van der Waals surface area (Å²) in [6.07, 6.45) is -5.18. The van der Waals surface area contributed by atoms with Crippen LogP contribution < -0.4 is 0 Å². The number of rotatable bonds is 2. The van der Waals surface area contributed by atoms with Gasteiger partial charge in [-0.15, -0.1) is 0 Å². The lowest BCUT2D eigenvalue weighted by molar-refractivity contribution is -0.538. The number of alkyl halides is 7. The van der Waals surface area contributed by atoms with Crippen LogP contribution >= 0.6 is 46.4 Å². The van der Waals surface area contributed by atoms with Crippen molar-refractivity contribution in [3.8, 4) is 0 Å². The van der Waals surface area contributed by atoms with E-state index in [-0.39, 0.29) is 6.08 Å². The van der Waals surface area contributed by atoms with Crippen LogP contribution in [0.25, 0.3) is 0 Å². The maximum absolute atomic E-state index is 12.8. The first-order chi connectivity index (χ1) is 8.74. The SMILES string of the molecule is O=[N+]([O-])C1=CC(C(F)(F)F)C(Cl)(Cl)C([N+](=O)[O-])C1(Cl)Cl. The van der Waals surface area contributed by atoms with Gasteiger partial charge in [-0.05, 0) is 0 Å². The molecule has 0 saturated carbocycles. The Bertz CT molecular complexity index is 493. The third-order valence-electron chi connectivity index (χ3n) is 2.55. The zero-order valence-electron chi connectivity index (χ0n) is 8.91. The van der Waals surface area contributed by atoms with E-state index in [0.717, 1.165) is 0 Å². The molecule has 0 aromatic heterocycles. The highest BCUT2D eigenvalue weighted by Gasteiger charge is 2.73. The van der Waals surface area contributed by atoms with Gasteiger partial charge in [-0.2, -0.15) is 13.2 Å². The van der Waals surface area contributed by atoms with Crippen molar-refractivity contribution in [2.24, 2.45) is 5.92 Å². The van der Waals surface area contributed by atoms with Gasteiger partial charge in [-0.25, -0.2) is 0 Å². The predicted molar refractivity (Wildman–Crippen MR) is 64.3 cm³/mol. The molecule has 2 unspecified atom stereocenters. The second kappa shape index (κ2) is 5.04. The quantitative estimate of drug-likeness (QED) is 0.419. The fraction of sp³-hybridized carbons (Fsp3) is 0.714. The van der Waals surface area contributed by atoms with Gasteiger partial charge in [-0.3, -0.25) is 20.2 Å². The Morgan fingerprint density at radius 2 is 1.60 bits per heavy atom. The van der Waals surface area contributed by atoms with Gasteiger partial charge in [0, 0.05) is 11.0 Å². The van der Waals surface area contributed by atoms with E-state index < -0.39 is 42.3 Å². The predicted octanol–water partition coefficient (Wildman–Crippen LogP) is 3.33. The lowest BCUT2D eigenvalue weighted by atomic mass is 9.87. The van der Waals surface area contributed by atoms with Crippen LogP contribution in [0.2, 0.25) is 0 Å². The largest absolute Gasteiger partial charge is 0.398 e. The molecule has 0 amide bonds. The average molecular weight is 378 g/mol. The highest BCUT2D eigenvalue weighted by molar-refractivity contribution is 6.55. The summed E-state index contributed by atoms with van der Waals surface area (Å²) in [7, 11) is 0. The highest BCUT2D eigenvalue weighted by Crippen LogP contribution is 2.56. The van der Waals surface area contributed by atoms with E-state index in [0.29, 0.717) is 0 Å². The Morgan fingerprint density at radius 3 is 1.90 bits per heavy atom. The van der Waals surface area contributed by atoms with Gasteiger partial charge in [0.05, 0.1) is 4.92 Å². The van der Waals surface area contributed by atoms with Crippen LogP contribution in [0.15, 0.2) is 11.8 Å². The van der Waals surface area contributed by atoms with Gasteiger partial charge < -0.3 is 0 Å². The molecule has 1 aliphatic carbocycles. The van der Waals surface area contributed by atoms with Gasteiger partial charge >= 0.3 is 6.18 Å². The molecular weight excluding hydrogens is 375 g/mol. The number of halogens is 7. The van der Waals surface area contributed by atoms with Gasteiger partial charge in [0.25, 0.3) is 16.1 Å². The Morgan fingerprint density at radius 1 is 1.15 bits per heavy atom. The highest BCUT2D eigenvalue weighted by atomic mass is 35.5. The summed E-state index contributed by atoms with van der Waals surface area (Å²) in [5.74, 6) is -2.88. The Kier molecular flexibility index (Phi) is 4.42. The molecule has 2 atom stereocenters. The summed E-state index contributed by atoms with van der Waals surface area (Å²) >= 11 is 21.8. The molecular formula is C7H3Cl4F3N2O4. The van der Waals surface area contributed by atoms with E-state index in [1.807, 2.05) is 0 Å². The molecule has 0 heterocycles. The zero-order chi connectivity index (χ0) is 16.1. The normalized spacial score (nSPS) is 28.6. The summed E-state index contributed by atoms with van der Waals surface area (Å²) in [5.41, 5.74) is -1.40.